The lowest BCUT2D eigenvalue weighted by Crippen LogP contribution is -2.38. The largest absolute Gasteiger partial charge is 0.395 e. The minimum atomic E-state index is 0. The minimum absolute atomic E-state index is 0. The second-order valence-electron chi connectivity index (χ2n) is 3.45. The molecule has 1 aliphatic heterocycles. The summed E-state index contributed by atoms with van der Waals surface area (Å²) in [5, 5.41) is 12.1. The van der Waals surface area contributed by atoms with Crippen molar-refractivity contribution >= 4 is 12.4 Å². The molecule has 0 amide bonds. The summed E-state index contributed by atoms with van der Waals surface area (Å²) >= 11 is 0. The van der Waals surface area contributed by atoms with E-state index in [1.165, 1.54) is 6.42 Å². The van der Waals surface area contributed by atoms with Gasteiger partial charge in [-0.05, 0) is 26.7 Å². The van der Waals surface area contributed by atoms with Gasteiger partial charge >= 0.3 is 0 Å². The van der Waals surface area contributed by atoms with E-state index >= 15 is 0 Å². The van der Waals surface area contributed by atoms with Crippen LogP contribution in [0.3, 0.4) is 0 Å². The molecule has 1 aliphatic rings. The van der Waals surface area contributed by atoms with Gasteiger partial charge in [0, 0.05) is 11.6 Å². The quantitative estimate of drug-likeness (QED) is 0.606. The molecule has 0 aromatic rings. The highest BCUT2D eigenvalue weighted by Crippen LogP contribution is 2.21. The van der Waals surface area contributed by atoms with Crippen molar-refractivity contribution in [2.45, 2.75) is 38.3 Å². The fourth-order valence-electron chi connectivity index (χ4n) is 1.37. The van der Waals surface area contributed by atoms with Gasteiger partial charge in [0.25, 0.3) is 0 Å². The Bertz CT molecular complexity index is 106. The van der Waals surface area contributed by atoms with E-state index in [9.17, 15) is 0 Å². The molecule has 0 aromatic heterocycles. The zero-order valence-corrected chi connectivity index (χ0v) is 7.37. The number of aliphatic hydroxyl groups is 1. The van der Waals surface area contributed by atoms with Gasteiger partial charge in [-0.3, -0.25) is 0 Å². The summed E-state index contributed by atoms with van der Waals surface area (Å²) in [4.78, 5) is 0. The first-order valence-electron chi connectivity index (χ1n) is 3.52. The maximum absolute atomic E-state index is 8.74. The van der Waals surface area contributed by atoms with Crippen LogP contribution in [0.5, 0.6) is 0 Å². The van der Waals surface area contributed by atoms with Crippen molar-refractivity contribution in [3.05, 3.63) is 0 Å². The zero-order valence-electron chi connectivity index (χ0n) is 6.55. The summed E-state index contributed by atoms with van der Waals surface area (Å²) in [6, 6.07) is 0.347. The minimum Gasteiger partial charge on any atom is -0.395 e. The van der Waals surface area contributed by atoms with Gasteiger partial charge in [-0.25, -0.2) is 0 Å². The fourth-order valence-corrected chi connectivity index (χ4v) is 1.37. The lowest BCUT2D eigenvalue weighted by molar-refractivity contribution is 0.245. The van der Waals surface area contributed by atoms with E-state index in [2.05, 4.69) is 19.2 Å². The molecular weight excluding hydrogens is 150 g/mol. The summed E-state index contributed by atoms with van der Waals surface area (Å²) < 4.78 is 0. The van der Waals surface area contributed by atoms with E-state index in [0.717, 1.165) is 6.42 Å². The molecule has 62 valence electrons. The Balaban J connectivity index is 0.000000810. The Kier molecular flexibility index (Phi) is 3.63. The average Bonchev–Trinajstić information content (AvgIpc) is 2.10. The number of rotatable bonds is 1. The summed E-state index contributed by atoms with van der Waals surface area (Å²) in [6.45, 7) is 4.62. The van der Waals surface area contributed by atoms with Gasteiger partial charge in [0.1, 0.15) is 0 Å². The molecule has 1 heterocycles. The zero-order chi connectivity index (χ0) is 6.91. The van der Waals surface area contributed by atoms with E-state index in [1.807, 2.05) is 0 Å². The first-order chi connectivity index (χ1) is 4.14. The summed E-state index contributed by atoms with van der Waals surface area (Å²) in [5.41, 5.74) is 0.257. The van der Waals surface area contributed by atoms with Crippen molar-refractivity contribution in [2.24, 2.45) is 0 Å². The molecule has 0 spiro atoms. The fraction of sp³-hybridized carbons (Fsp3) is 1.00. The maximum Gasteiger partial charge on any atom is 0.0584 e. The summed E-state index contributed by atoms with van der Waals surface area (Å²) in [6.07, 6.45) is 2.29. The predicted octanol–water partition coefficient (Wildman–Crippen LogP) is 0.931. The maximum atomic E-state index is 8.74. The molecule has 2 nitrogen and oxygen atoms in total. The van der Waals surface area contributed by atoms with Crippen LogP contribution in [-0.4, -0.2) is 23.3 Å². The molecule has 0 aromatic carbocycles. The first-order valence-corrected chi connectivity index (χ1v) is 3.52. The van der Waals surface area contributed by atoms with Crippen molar-refractivity contribution in [1.82, 2.24) is 5.32 Å². The van der Waals surface area contributed by atoms with Crippen LogP contribution in [0, 0.1) is 0 Å². The van der Waals surface area contributed by atoms with Crippen LogP contribution in [-0.2, 0) is 0 Å². The molecule has 0 bridgehead atoms. The van der Waals surface area contributed by atoms with E-state index in [0.29, 0.717) is 6.04 Å². The highest BCUT2D eigenvalue weighted by Gasteiger charge is 2.28. The monoisotopic (exact) mass is 165 g/mol. The van der Waals surface area contributed by atoms with Crippen molar-refractivity contribution in [1.29, 1.82) is 0 Å². The molecule has 1 atom stereocenters. The van der Waals surface area contributed by atoms with Crippen molar-refractivity contribution < 1.29 is 5.11 Å². The number of nitrogens with one attached hydrogen (secondary N) is 1. The van der Waals surface area contributed by atoms with Crippen molar-refractivity contribution in [3.63, 3.8) is 0 Å². The van der Waals surface area contributed by atoms with E-state index in [4.69, 9.17) is 5.11 Å². The molecule has 3 heteroatoms. The molecule has 2 N–H and O–H groups in total. The van der Waals surface area contributed by atoms with Crippen LogP contribution in [0.4, 0.5) is 0 Å². The highest BCUT2D eigenvalue weighted by atomic mass is 35.5. The molecule has 1 rings (SSSR count). The highest BCUT2D eigenvalue weighted by molar-refractivity contribution is 5.85. The number of aliphatic hydroxyl groups excluding tert-OH is 1. The van der Waals surface area contributed by atoms with Crippen LogP contribution < -0.4 is 5.32 Å². The molecule has 1 fully saturated rings. The van der Waals surface area contributed by atoms with E-state index in [1.54, 1.807) is 0 Å². The molecule has 1 saturated heterocycles. The lowest BCUT2D eigenvalue weighted by Gasteiger charge is -2.18. The van der Waals surface area contributed by atoms with Gasteiger partial charge in [-0.2, -0.15) is 0 Å². The van der Waals surface area contributed by atoms with Gasteiger partial charge in [-0.1, -0.05) is 0 Å². The SMILES string of the molecule is CC1(C)CCC(CO)N1.Cl. The second-order valence-corrected chi connectivity index (χ2v) is 3.45. The first kappa shape index (κ1) is 10.2. The van der Waals surface area contributed by atoms with Gasteiger partial charge < -0.3 is 10.4 Å². The number of hydrogen-bond acceptors (Lipinski definition) is 2. The summed E-state index contributed by atoms with van der Waals surface area (Å²) in [5.74, 6) is 0. The molecule has 1 unspecified atom stereocenters. The standard InChI is InChI=1S/C7H15NO.ClH/c1-7(2)4-3-6(5-9)8-7;/h6,8-9H,3-5H2,1-2H3;1H. The van der Waals surface area contributed by atoms with Crippen LogP contribution in [0.25, 0.3) is 0 Å². The Labute approximate surface area is 68.4 Å². The van der Waals surface area contributed by atoms with Crippen LogP contribution in [0.2, 0.25) is 0 Å². The Morgan fingerprint density at radius 2 is 2.20 bits per heavy atom. The van der Waals surface area contributed by atoms with Gasteiger partial charge in [-0.15, -0.1) is 12.4 Å². The normalized spacial score (nSPS) is 29.7. The third-order valence-electron chi connectivity index (χ3n) is 1.93. The van der Waals surface area contributed by atoms with Gasteiger partial charge in [0.15, 0.2) is 0 Å². The van der Waals surface area contributed by atoms with E-state index in [-0.39, 0.29) is 24.6 Å². The Morgan fingerprint density at radius 1 is 1.60 bits per heavy atom. The van der Waals surface area contributed by atoms with Crippen LogP contribution in [0.1, 0.15) is 26.7 Å². The molecule has 10 heavy (non-hydrogen) atoms. The van der Waals surface area contributed by atoms with Crippen molar-refractivity contribution in [2.75, 3.05) is 6.61 Å². The Morgan fingerprint density at radius 3 is 2.40 bits per heavy atom. The van der Waals surface area contributed by atoms with Gasteiger partial charge in [0.2, 0.25) is 0 Å². The number of hydrogen-bond donors (Lipinski definition) is 2. The van der Waals surface area contributed by atoms with E-state index < -0.39 is 0 Å². The molecule has 0 aliphatic carbocycles. The van der Waals surface area contributed by atoms with Gasteiger partial charge in [0.05, 0.1) is 6.61 Å². The molecular formula is C7H16ClNO. The van der Waals surface area contributed by atoms with Crippen LogP contribution in [0.15, 0.2) is 0 Å². The summed E-state index contributed by atoms with van der Waals surface area (Å²) in [7, 11) is 0. The molecule has 0 saturated carbocycles. The topological polar surface area (TPSA) is 32.3 Å². The smallest absolute Gasteiger partial charge is 0.0584 e. The predicted molar refractivity (Wildman–Crippen MR) is 44.6 cm³/mol. The lowest BCUT2D eigenvalue weighted by atomic mass is 10.0. The Hall–Kier alpha value is 0.210. The third kappa shape index (κ3) is 2.45. The molecule has 0 radical (unpaired) electrons. The second kappa shape index (κ2) is 3.56. The number of halogens is 1. The third-order valence-corrected chi connectivity index (χ3v) is 1.93. The average molecular weight is 166 g/mol. The van der Waals surface area contributed by atoms with Crippen molar-refractivity contribution in [3.8, 4) is 0 Å². The van der Waals surface area contributed by atoms with Crippen LogP contribution >= 0.6 is 12.4 Å².